The van der Waals surface area contributed by atoms with E-state index in [1.165, 1.54) is 12.2 Å². The molecule has 4 N–H and O–H groups in total. The van der Waals surface area contributed by atoms with Gasteiger partial charge in [0.05, 0.1) is 18.3 Å². The fourth-order valence-electron chi connectivity index (χ4n) is 2.17. The van der Waals surface area contributed by atoms with Gasteiger partial charge < -0.3 is 20.4 Å². The number of hydrogen-bond acceptors (Lipinski definition) is 4. The van der Waals surface area contributed by atoms with Gasteiger partial charge in [-0.15, -0.1) is 0 Å². The molecule has 3 atom stereocenters. The summed E-state index contributed by atoms with van der Waals surface area (Å²) in [5.74, 6) is -0.753. The molecule has 134 valence electrons. The Morgan fingerprint density at radius 1 is 0.957 bits per heavy atom. The smallest absolute Gasteiger partial charge is 0.303 e. The Hall–Kier alpha value is -1.17. The van der Waals surface area contributed by atoms with Gasteiger partial charge in [0, 0.05) is 6.42 Å². The summed E-state index contributed by atoms with van der Waals surface area (Å²) in [7, 11) is 0. The topological polar surface area (TPSA) is 98.0 Å². The van der Waals surface area contributed by atoms with Crippen LogP contribution in [-0.4, -0.2) is 44.7 Å². The van der Waals surface area contributed by atoms with Gasteiger partial charge in [-0.25, -0.2) is 0 Å². The first-order chi connectivity index (χ1) is 11.0. The van der Waals surface area contributed by atoms with E-state index in [4.69, 9.17) is 5.11 Å². The summed E-state index contributed by atoms with van der Waals surface area (Å²) in [6.45, 7) is 2.00. The molecule has 0 unspecified atom stereocenters. The van der Waals surface area contributed by atoms with Crippen LogP contribution in [0.2, 0.25) is 0 Å². The van der Waals surface area contributed by atoms with Crippen LogP contribution in [0.5, 0.6) is 0 Å². The minimum atomic E-state index is -0.970. The van der Waals surface area contributed by atoms with E-state index in [1.807, 2.05) is 19.1 Å². The number of aliphatic hydroxyl groups is 3. The molecule has 0 aliphatic rings. The highest BCUT2D eigenvalue weighted by Crippen LogP contribution is 2.10. The molecular formula is C18H32O5. The maximum Gasteiger partial charge on any atom is 0.303 e. The van der Waals surface area contributed by atoms with Crippen molar-refractivity contribution < 1.29 is 25.2 Å². The van der Waals surface area contributed by atoms with Crippen molar-refractivity contribution in [1.29, 1.82) is 0 Å². The second-order valence-corrected chi connectivity index (χ2v) is 5.83. The first-order valence-corrected chi connectivity index (χ1v) is 8.56. The predicted molar refractivity (Wildman–Crippen MR) is 91.2 cm³/mol. The summed E-state index contributed by atoms with van der Waals surface area (Å²) in [6, 6.07) is 0. The molecule has 0 fully saturated rings. The van der Waals surface area contributed by atoms with E-state index >= 15 is 0 Å². The van der Waals surface area contributed by atoms with Crippen molar-refractivity contribution in [2.24, 2.45) is 0 Å². The van der Waals surface area contributed by atoms with Crippen LogP contribution in [0, 0.1) is 0 Å². The quantitative estimate of drug-likeness (QED) is 0.290. The number of allylic oxidation sites excluding steroid dienone is 1. The fraction of sp³-hybridized carbons (Fsp3) is 0.722. The normalized spacial score (nSPS) is 16.0. The van der Waals surface area contributed by atoms with E-state index in [0.717, 1.165) is 32.1 Å². The van der Waals surface area contributed by atoms with E-state index in [0.29, 0.717) is 19.3 Å². The van der Waals surface area contributed by atoms with Crippen molar-refractivity contribution in [2.45, 2.75) is 83.0 Å². The SMILES string of the molecule is CC/C=C\C[C@@H](O)[C@@H](O)/C=C/[C@H](O)CCCCCCCC(=O)O. The van der Waals surface area contributed by atoms with Gasteiger partial charge >= 0.3 is 5.97 Å². The van der Waals surface area contributed by atoms with Gasteiger partial charge in [0.25, 0.3) is 0 Å². The number of hydrogen-bond donors (Lipinski definition) is 4. The summed E-state index contributed by atoms with van der Waals surface area (Å²) in [5, 5.41) is 37.8. The van der Waals surface area contributed by atoms with Crippen LogP contribution in [0.1, 0.15) is 64.7 Å². The Balaban J connectivity index is 3.72. The Morgan fingerprint density at radius 2 is 1.61 bits per heavy atom. The van der Waals surface area contributed by atoms with E-state index < -0.39 is 24.3 Å². The second kappa shape index (κ2) is 14.4. The van der Waals surface area contributed by atoms with Crippen LogP contribution >= 0.6 is 0 Å². The van der Waals surface area contributed by atoms with Gasteiger partial charge in [-0.2, -0.15) is 0 Å². The molecule has 0 radical (unpaired) electrons. The molecule has 0 aromatic rings. The highest BCUT2D eigenvalue weighted by Gasteiger charge is 2.11. The maximum atomic E-state index is 10.3. The third-order valence-electron chi connectivity index (χ3n) is 3.60. The van der Waals surface area contributed by atoms with Crippen LogP contribution in [0.4, 0.5) is 0 Å². The van der Waals surface area contributed by atoms with Gasteiger partial charge in [0.2, 0.25) is 0 Å². The summed E-state index contributed by atoms with van der Waals surface area (Å²) in [5.41, 5.74) is 0. The zero-order valence-corrected chi connectivity index (χ0v) is 14.1. The monoisotopic (exact) mass is 328 g/mol. The third kappa shape index (κ3) is 14.2. The Bertz CT molecular complexity index is 351. The molecule has 0 amide bonds. The first kappa shape index (κ1) is 21.8. The van der Waals surface area contributed by atoms with Crippen LogP contribution < -0.4 is 0 Å². The predicted octanol–water partition coefficient (Wildman–Crippen LogP) is 2.80. The standard InChI is InChI=1S/C18H32O5/c1-2-3-7-11-16(20)17(21)14-13-15(19)10-8-5-4-6-9-12-18(22)23/h3,7,13-17,19-21H,2,4-6,8-12H2,1H3,(H,22,23)/b7-3-,14-13+/t15-,16-,17+/m1/s1. The lowest BCUT2D eigenvalue weighted by Gasteiger charge is -2.13. The van der Waals surface area contributed by atoms with Gasteiger partial charge in [0.15, 0.2) is 0 Å². The highest BCUT2D eigenvalue weighted by molar-refractivity contribution is 5.66. The molecule has 0 saturated carbocycles. The lowest BCUT2D eigenvalue weighted by atomic mass is 10.0. The number of aliphatic carboxylic acids is 1. The molecule has 0 rings (SSSR count). The number of carbonyl (C=O) groups is 1. The van der Waals surface area contributed by atoms with Gasteiger partial charge in [-0.05, 0) is 25.7 Å². The molecular weight excluding hydrogens is 296 g/mol. The molecule has 5 heteroatoms. The van der Waals surface area contributed by atoms with E-state index in [2.05, 4.69) is 0 Å². The molecule has 0 spiro atoms. The summed E-state index contributed by atoms with van der Waals surface area (Å²) < 4.78 is 0. The van der Waals surface area contributed by atoms with E-state index in [-0.39, 0.29) is 6.42 Å². The summed E-state index contributed by atoms with van der Waals surface area (Å²) in [4.78, 5) is 10.3. The van der Waals surface area contributed by atoms with Crippen LogP contribution in [0.15, 0.2) is 24.3 Å². The molecule has 0 heterocycles. The Labute approximate surface area is 139 Å². The van der Waals surface area contributed by atoms with E-state index in [9.17, 15) is 20.1 Å². The number of carboxylic acid groups (broad SMARTS) is 1. The van der Waals surface area contributed by atoms with Crippen LogP contribution in [0.25, 0.3) is 0 Å². The molecule has 23 heavy (non-hydrogen) atoms. The Kier molecular flexibility index (Phi) is 13.7. The van der Waals surface area contributed by atoms with Crippen LogP contribution in [-0.2, 0) is 4.79 Å². The molecule has 0 saturated heterocycles. The number of rotatable bonds is 14. The second-order valence-electron chi connectivity index (χ2n) is 5.83. The Morgan fingerprint density at radius 3 is 2.26 bits per heavy atom. The van der Waals surface area contributed by atoms with Crippen molar-refractivity contribution in [2.75, 3.05) is 0 Å². The summed E-state index contributed by atoms with van der Waals surface area (Å²) in [6.07, 6.45) is 10.8. The van der Waals surface area contributed by atoms with Gasteiger partial charge in [-0.1, -0.05) is 56.9 Å². The average molecular weight is 328 g/mol. The van der Waals surface area contributed by atoms with E-state index in [1.54, 1.807) is 0 Å². The van der Waals surface area contributed by atoms with Gasteiger partial charge in [0.1, 0.15) is 0 Å². The zero-order valence-electron chi connectivity index (χ0n) is 14.1. The minimum Gasteiger partial charge on any atom is -0.481 e. The van der Waals surface area contributed by atoms with Crippen molar-refractivity contribution in [3.8, 4) is 0 Å². The first-order valence-electron chi connectivity index (χ1n) is 8.56. The highest BCUT2D eigenvalue weighted by atomic mass is 16.4. The van der Waals surface area contributed by atoms with Crippen molar-refractivity contribution in [3.05, 3.63) is 24.3 Å². The minimum absolute atomic E-state index is 0.221. The molecule has 0 bridgehead atoms. The van der Waals surface area contributed by atoms with Crippen molar-refractivity contribution >= 4 is 5.97 Å². The lowest BCUT2D eigenvalue weighted by Crippen LogP contribution is -2.23. The molecule has 0 aliphatic carbocycles. The fourth-order valence-corrected chi connectivity index (χ4v) is 2.17. The third-order valence-corrected chi connectivity index (χ3v) is 3.60. The number of aliphatic hydroxyl groups excluding tert-OH is 3. The van der Waals surface area contributed by atoms with Crippen molar-refractivity contribution in [3.63, 3.8) is 0 Å². The lowest BCUT2D eigenvalue weighted by molar-refractivity contribution is -0.137. The molecule has 0 aromatic heterocycles. The average Bonchev–Trinajstić information content (AvgIpc) is 2.51. The number of carboxylic acids is 1. The molecule has 5 nitrogen and oxygen atoms in total. The summed E-state index contributed by atoms with van der Waals surface area (Å²) >= 11 is 0. The van der Waals surface area contributed by atoms with Gasteiger partial charge in [-0.3, -0.25) is 4.79 Å². The maximum absolute atomic E-state index is 10.3. The largest absolute Gasteiger partial charge is 0.481 e. The zero-order chi connectivity index (χ0) is 17.5. The molecule has 0 aromatic carbocycles. The number of unbranched alkanes of at least 4 members (excludes halogenated alkanes) is 4. The van der Waals surface area contributed by atoms with Crippen molar-refractivity contribution in [1.82, 2.24) is 0 Å². The van der Waals surface area contributed by atoms with Crippen LogP contribution in [0.3, 0.4) is 0 Å². The molecule has 0 aliphatic heterocycles.